The van der Waals surface area contributed by atoms with Crippen molar-refractivity contribution in [2.24, 2.45) is 0 Å². The number of halogens is 4. The molecule has 0 N–H and O–H groups in total. The van der Waals surface area contributed by atoms with Gasteiger partial charge in [0.05, 0.1) is 5.52 Å². The van der Waals surface area contributed by atoms with Gasteiger partial charge in [0.15, 0.2) is 0 Å². The molecule has 5 nitrogen and oxygen atoms in total. The number of alkyl halides is 3. The number of nitrogens with zero attached hydrogens (tertiary/aromatic N) is 2. The Balaban J connectivity index is 2.59. The molecule has 2 rings (SSSR count). The van der Waals surface area contributed by atoms with E-state index in [9.17, 15) is 21.6 Å². The molecular formula is C11H8BrF3N2O3S. The van der Waals surface area contributed by atoms with Crippen LogP contribution in [0.3, 0.4) is 0 Å². The van der Waals surface area contributed by atoms with Crippen molar-refractivity contribution in [3.8, 4) is 5.88 Å². The van der Waals surface area contributed by atoms with Gasteiger partial charge in [-0.2, -0.15) is 21.6 Å². The van der Waals surface area contributed by atoms with Crippen LogP contribution in [-0.2, 0) is 10.1 Å². The average molecular weight is 385 g/mol. The van der Waals surface area contributed by atoms with E-state index < -0.39 is 21.5 Å². The van der Waals surface area contributed by atoms with Gasteiger partial charge in [-0.1, -0.05) is 0 Å². The molecule has 0 unspecified atom stereocenters. The van der Waals surface area contributed by atoms with Gasteiger partial charge in [-0.15, -0.1) is 0 Å². The fourth-order valence-corrected chi connectivity index (χ4v) is 2.67. The van der Waals surface area contributed by atoms with Crippen LogP contribution in [0.4, 0.5) is 13.2 Å². The first-order chi connectivity index (χ1) is 9.51. The predicted octanol–water partition coefficient (Wildman–Crippen LogP) is 3.24. The van der Waals surface area contributed by atoms with Gasteiger partial charge in [0.1, 0.15) is 11.2 Å². The molecule has 0 fully saturated rings. The van der Waals surface area contributed by atoms with Crippen molar-refractivity contribution in [1.82, 2.24) is 9.97 Å². The maximum Gasteiger partial charge on any atom is 0.534 e. The summed E-state index contributed by atoms with van der Waals surface area (Å²) >= 11 is 3.20. The number of hydrogen-bond donors (Lipinski definition) is 0. The van der Waals surface area contributed by atoms with Gasteiger partial charge in [0.25, 0.3) is 5.88 Å². The minimum Gasteiger partial charge on any atom is -0.353 e. The fraction of sp³-hybridized carbons (Fsp3) is 0.273. The van der Waals surface area contributed by atoms with Gasteiger partial charge in [-0.05, 0) is 47.5 Å². The molecular weight excluding hydrogens is 377 g/mol. The lowest BCUT2D eigenvalue weighted by atomic mass is 10.2. The number of aryl methyl sites for hydroxylation is 2. The quantitative estimate of drug-likeness (QED) is 0.587. The Hall–Kier alpha value is -1.42. The molecule has 0 aliphatic carbocycles. The second kappa shape index (κ2) is 5.09. The normalized spacial score (nSPS) is 12.7. The summed E-state index contributed by atoms with van der Waals surface area (Å²) in [5.41, 5.74) is -4.11. The second-order valence-electron chi connectivity index (χ2n) is 4.21. The number of aromatic nitrogens is 2. The summed E-state index contributed by atoms with van der Waals surface area (Å²) < 4.78 is 63.5. The monoisotopic (exact) mass is 384 g/mol. The van der Waals surface area contributed by atoms with E-state index in [0.717, 1.165) is 5.56 Å². The van der Waals surface area contributed by atoms with Crippen LogP contribution in [-0.4, -0.2) is 23.9 Å². The summed E-state index contributed by atoms with van der Waals surface area (Å²) in [4.78, 5) is 7.82. The summed E-state index contributed by atoms with van der Waals surface area (Å²) in [6.07, 6.45) is 0. The Morgan fingerprint density at radius 1 is 1.19 bits per heavy atom. The lowest BCUT2D eigenvalue weighted by Gasteiger charge is -2.11. The molecule has 0 saturated heterocycles. The highest BCUT2D eigenvalue weighted by Crippen LogP contribution is 2.30. The maximum absolute atomic E-state index is 12.3. The lowest BCUT2D eigenvalue weighted by molar-refractivity contribution is -0.0501. The molecule has 0 saturated carbocycles. The maximum atomic E-state index is 12.3. The van der Waals surface area contributed by atoms with E-state index in [4.69, 9.17) is 0 Å². The lowest BCUT2D eigenvalue weighted by Crippen LogP contribution is -2.28. The Morgan fingerprint density at radius 2 is 1.81 bits per heavy atom. The Labute approximate surface area is 126 Å². The minimum absolute atomic E-state index is 0.0622. The van der Waals surface area contributed by atoms with Crippen LogP contribution in [0.5, 0.6) is 5.88 Å². The van der Waals surface area contributed by atoms with Gasteiger partial charge in [-0.3, -0.25) is 0 Å². The van der Waals surface area contributed by atoms with E-state index >= 15 is 0 Å². The van der Waals surface area contributed by atoms with E-state index in [0.29, 0.717) is 9.99 Å². The summed E-state index contributed by atoms with van der Waals surface area (Å²) in [6, 6.07) is 3.34. The highest BCUT2D eigenvalue weighted by Gasteiger charge is 2.49. The average Bonchev–Trinajstić information content (AvgIpc) is 2.29. The molecule has 0 spiro atoms. The smallest absolute Gasteiger partial charge is 0.353 e. The van der Waals surface area contributed by atoms with Gasteiger partial charge in [-0.25, -0.2) is 9.97 Å². The molecule has 1 aromatic heterocycles. The van der Waals surface area contributed by atoms with Gasteiger partial charge in [0.2, 0.25) is 0 Å². The van der Waals surface area contributed by atoms with E-state index in [1.807, 2.05) is 0 Å². The zero-order valence-electron chi connectivity index (χ0n) is 10.7. The summed E-state index contributed by atoms with van der Waals surface area (Å²) in [5.74, 6) is -0.704. The van der Waals surface area contributed by atoms with Crippen LogP contribution < -0.4 is 4.18 Å². The van der Waals surface area contributed by atoms with Gasteiger partial charge < -0.3 is 4.18 Å². The highest BCUT2D eigenvalue weighted by atomic mass is 79.9. The largest absolute Gasteiger partial charge is 0.534 e. The van der Waals surface area contributed by atoms with Crippen LogP contribution in [0, 0.1) is 13.8 Å². The molecule has 0 atom stereocenters. The third-order valence-corrected chi connectivity index (χ3v) is 4.02. The Morgan fingerprint density at radius 3 is 2.38 bits per heavy atom. The third kappa shape index (κ3) is 3.10. The van der Waals surface area contributed by atoms with E-state index in [1.165, 1.54) is 6.92 Å². The van der Waals surface area contributed by atoms with Crippen LogP contribution in [0.1, 0.15) is 11.3 Å². The minimum atomic E-state index is -5.78. The number of rotatable bonds is 2. The molecule has 1 heterocycles. The zero-order chi connectivity index (χ0) is 16.0. The SMILES string of the molecule is Cc1cc(Br)c2nc(OS(=O)(=O)C(F)(F)F)c(C)nc2c1. The van der Waals surface area contributed by atoms with E-state index in [-0.39, 0.29) is 11.2 Å². The molecule has 114 valence electrons. The molecule has 0 amide bonds. The molecule has 0 aliphatic heterocycles. The molecule has 0 aliphatic rings. The van der Waals surface area contributed by atoms with Crippen molar-refractivity contribution in [2.75, 3.05) is 0 Å². The van der Waals surface area contributed by atoms with Crippen molar-refractivity contribution in [2.45, 2.75) is 19.4 Å². The summed E-state index contributed by atoms with van der Waals surface area (Å²) in [5, 5.41) is 0. The van der Waals surface area contributed by atoms with Crippen LogP contribution >= 0.6 is 15.9 Å². The van der Waals surface area contributed by atoms with E-state index in [2.05, 4.69) is 30.1 Å². The molecule has 2 aromatic rings. The molecule has 21 heavy (non-hydrogen) atoms. The predicted molar refractivity (Wildman–Crippen MR) is 72.3 cm³/mol. The van der Waals surface area contributed by atoms with Crippen molar-refractivity contribution in [3.05, 3.63) is 27.9 Å². The van der Waals surface area contributed by atoms with E-state index in [1.54, 1.807) is 19.1 Å². The standard InChI is InChI=1S/C11H8BrF3N2O3S/c1-5-3-7(12)9-8(4-5)16-6(2)10(17-9)20-21(18,19)11(13,14)15/h3-4H,1-2H3. The molecule has 1 aromatic carbocycles. The zero-order valence-corrected chi connectivity index (χ0v) is 13.1. The van der Waals surface area contributed by atoms with Crippen molar-refractivity contribution >= 4 is 37.1 Å². The number of hydrogen-bond acceptors (Lipinski definition) is 5. The molecule has 10 heteroatoms. The Kier molecular flexibility index (Phi) is 3.87. The van der Waals surface area contributed by atoms with Crippen molar-refractivity contribution in [1.29, 1.82) is 0 Å². The first kappa shape index (κ1) is 16.0. The Bertz CT molecular complexity index is 822. The highest BCUT2D eigenvalue weighted by molar-refractivity contribution is 9.10. The first-order valence-electron chi connectivity index (χ1n) is 5.46. The molecule has 0 bridgehead atoms. The number of fused-ring (bicyclic) bond motifs is 1. The molecule has 0 radical (unpaired) electrons. The topological polar surface area (TPSA) is 69.2 Å². The fourth-order valence-electron chi connectivity index (χ4n) is 1.55. The van der Waals surface area contributed by atoms with Gasteiger partial charge in [0, 0.05) is 4.47 Å². The van der Waals surface area contributed by atoms with Crippen molar-refractivity contribution < 1.29 is 25.8 Å². The summed E-state index contributed by atoms with van der Waals surface area (Å²) in [7, 11) is -5.78. The number of benzene rings is 1. The second-order valence-corrected chi connectivity index (χ2v) is 6.60. The van der Waals surface area contributed by atoms with Crippen molar-refractivity contribution in [3.63, 3.8) is 0 Å². The van der Waals surface area contributed by atoms with Crippen LogP contribution in [0.2, 0.25) is 0 Å². The third-order valence-electron chi connectivity index (χ3n) is 2.47. The summed E-state index contributed by atoms with van der Waals surface area (Å²) in [6.45, 7) is 3.11. The first-order valence-corrected chi connectivity index (χ1v) is 7.66. The van der Waals surface area contributed by atoms with Gasteiger partial charge >= 0.3 is 15.6 Å². The van der Waals surface area contributed by atoms with Crippen LogP contribution in [0.25, 0.3) is 11.0 Å². The van der Waals surface area contributed by atoms with Crippen LogP contribution in [0.15, 0.2) is 16.6 Å².